The van der Waals surface area contributed by atoms with Gasteiger partial charge >= 0.3 is 0 Å². The lowest BCUT2D eigenvalue weighted by Gasteiger charge is -2.15. The summed E-state index contributed by atoms with van der Waals surface area (Å²) in [6, 6.07) is 13.4. The van der Waals surface area contributed by atoms with Crippen LogP contribution in [0.25, 0.3) is 0 Å². The van der Waals surface area contributed by atoms with Crippen molar-refractivity contribution in [3.05, 3.63) is 48.7 Å². The zero-order valence-corrected chi connectivity index (χ0v) is 10.9. The molecule has 1 amide bonds. The van der Waals surface area contributed by atoms with Gasteiger partial charge in [-0.1, -0.05) is 18.2 Å². The second-order valence-corrected chi connectivity index (χ2v) is 4.75. The molecule has 1 unspecified atom stereocenters. The Balaban J connectivity index is 1.73. The van der Waals surface area contributed by atoms with Gasteiger partial charge in [0.1, 0.15) is 5.82 Å². The molecule has 0 spiro atoms. The van der Waals surface area contributed by atoms with E-state index in [-0.39, 0.29) is 12.3 Å². The third-order valence-electron chi connectivity index (χ3n) is 3.21. The maximum atomic E-state index is 11.7. The lowest BCUT2D eigenvalue weighted by Crippen LogP contribution is -2.25. The molecular formula is C15H15N3O2. The van der Waals surface area contributed by atoms with Crippen molar-refractivity contribution in [2.24, 2.45) is 0 Å². The molecule has 0 aliphatic carbocycles. The van der Waals surface area contributed by atoms with Gasteiger partial charge in [-0.2, -0.15) is 0 Å². The van der Waals surface area contributed by atoms with Gasteiger partial charge in [0.05, 0.1) is 31.0 Å². The van der Waals surface area contributed by atoms with Crippen LogP contribution in [-0.2, 0) is 4.79 Å². The first-order chi connectivity index (χ1) is 9.72. The smallest absolute Gasteiger partial charge is 0.229 e. The van der Waals surface area contributed by atoms with Crippen molar-refractivity contribution >= 4 is 23.1 Å². The summed E-state index contributed by atoms with van der Waals surface area (Å²) in [6.07, 6.45) is 1.25. The standard InChI is InChI=1S/C15H15N3O2/c19-13-8-15(20)18(10-13)12-6-7-14(16-9-12)17-11-4-2-1-3-5-11/h1-7,9,13,19H,8,10H2,(H,16,17). The second-order valence-electron chi connectivity index (χ2n) is 4.75. The number of aliphatic hydroxyl groups excluding tert-OH is 1. The quantitative estimate of drug-likeness (QED) is 0.893. The van der Waals surface area contributed by atoms with Crippen LogP contribution in [-0.4, -0.2) is 28.6 Å². The molecule has 1 atom stereocenters. The summed E-state index contributed by atoms with van der Waals surface area (Å²) in [7, 11) is 0. The highest BCUT2D eigenvalue weighted by Crippen LogP contribution is 2.22. The van der Waals surface area contributed by atoms with Crippen molar-refractivity contribution in [1.29, 1.82) is 0 Å². The first kappa shape index (κ1) is 12.6. The zero-order chi connectivity index (χ0) is 13.9. The van der Waals surface area contributed by atoms with E-state index in [0.717, 1.165) is 5.69 Å². The van der Waals surface area contributed by atoms with E-state index in [4.69, 9.17) is 0 Å². The van der Waals surface area contributed by atoms with E-state index in [1.807, 2.05) is 42.5 Å². The molecule has 0 radical (unpaired) electrons. The minimum absolute atomic E-state index is 0.0666. The molecule has 0 saturated carbocycles. The molecule has 1 saturated heterocycles. The Morgan fingerprint density at radius 1 is 1.20 bits per heavy atom. The molecule has 1 aliphatic rings. The highest BCUT2D eigenvalue weighted by molar-refractivity contribution is 5.96. The maximum Gasteiger partial charge on any atom is 0.229 e. The number of anilines is 3. The van der Waals surface area contributed by atoms with E-state index in [9.17, 15) is 9.90 Å². The van der Waals surface area contributed by atoms with E-state index in [1.54, 1.807) is 11.1 Å². The zero-order valence-electron chi connectivity index (χ0n) is 10.9. The van der Waals surface area contributed by atoms with E-state index >= 15 is 0 Å². The van der Waals surface area contributed by atoms with Crippen LogP contribution in [0.3, 0.4) is 0 Å². The van der Waals surface area contributed by atoms with Crippen LogP contribution in [0.2, 0.25) is 0 Å². The first-order valence-electron chi connectivity index (χ1n) is 6.49. The topological polar surface area (TPSA) is 65.5 Å². The summed E-state index contributed by atoms with van der Waals surface area (Å²) in [5, 5.41) is 12.7. The Morgan fingerprint density at radius 2 is 2.00 bits per heavy atom. The van der Waals surface area contributed by atoms with Crippen molar-refractivity contribution in [1.82, 2.24) is 4.98 Å². The first-order valence-corrected chi connectivity index (χ1v) is 6.49. The SMILES string of the molecule is O=C1CC(O)CN1c1ccc(Nc2ccccc2)nc1. The number of aromatic nitrogens is 1. The van der Waals surface area contributed by atoms with Gasteiger partial charge < -0.3 is 15.3 Å². The van der Waals surface area contributed by atoms with E-state index in [0.29, 0.717) is 18.1 Å². The fourth-order valence-corrected chi connectivity index (χ4v) is 2.23. The molecule has 1 aromatic heterocycles. The number of amides is 1. The summed E-state index contributed by atoms with van der Waals surface area (Å²) >= 11 is 0. The number of aliphatic hydroxyl groups is 1. The summed E-state index contributed by atoms with van der Waals surface area (Å²) in [4.78, 5) is 17.5. The maximum absolute atomic E-state index is 11.7. The minimum atomic E-state index is -0.579. The molecule has 3 rings (SSSR count). The minimum Gasteiger partial charge on any atom is -0.391 e. The fraction of sp³-hybridized carbons (Fsp3) is 0.200. The molecule has 1 fully saturated rings. The van der Waals surface area contributed by atoms with Crippen molar-refractivity contribution in [3.8, 4) is 0 Å². The molecule has 20 heavy (non-hydrogen) atoms. The molecule has 2 heterocycles. The molecule has 2 N–H and O–H groups in total. The van der Waals surface area contributed by atoms with Crippen LogP contribution in [0.5, 0.6) is 0 Å². The van der Waals surface area contributed by atoms with E-state index in [2.05, 4.69) is 10.3 Å². The second kappa shape index (κ2) is 5.30. The monoisotopic (exact) mass is 269 g/mol. The van der Waals surface area contributed by atoms with Gasteiger partial charge in [-0.05, 0) is 24.3 Å². The highest BCUT2D eigenvalue weighted by Gasteiger charge is 2.29. The molecular weight excluding hydrogens is 254 g/mol. The Kier molecular flexibility index (Phi) is 3.35. The molecule has 0 bridgehead atoms. The summed E-state index contributed by atoms with van der Waals surface area (Å²) < 4.78 is 0. The van der Waals surface area contributed by atoms with Crippen LogP contribution in [0, 0.1) is 0 Å². The molecule has 5 heteroatoms. The number of pyridine rings is 1. The molecule has 5 nitrogen and oxygen atoms in total. The number of carbonyl (C=O) groups excluding carboxylic acids is 1. The molecule has 1 aromatic carbocycles. The number of carbonyl (C=O) groups is 1. The van der Waals surface area contributed by atoms with Gasteiger partial charge in [-0.15, -0.1) is 0 Å². The van der Waals surface area contributed by atoms with Crippen LogP contribution < -0.4 is 10.2 Å². The average molecular weight is 269 g/mol. The number of para-hydroxylation sites is 1. The summed E-state index contributed by atoms with van der Waals surface area (Å²) in [5.41, 5.74) is 1.67. The fourth-order valence-electron chi connectivity index (χ4n) is 2.23. The lowest BCUT2D eigenvalue weighted by atomic mass is 10.3. The van der Waals surface area contributed by atoms with Gasteiger partial charge in [0.15, 0.2) is 0 Å². The highest BCUT2D eigenvalue weighted by atomic mass is 16.3. The van der Waals surface area contributed by atoms with Crippen molar-refractivity contribution in [2.45, 2.75) is 12.5 Å². The van der Waals surface area contributed by atoms with Gasteiger partial charge in [-0.25, -0.2) is 4.98 Å². The largest absolute Gasteiger partial charge is 0.391 e. The summed E-state index contributed by atoms with van der Waals surface area (Å²) in [5.74, 6) is 0.648. The predicted molar refractivity (Wildman–Crippen MR) is 76.9 cm³/mol. The van der Waals surface area contributed by atoms with Gasteiger partial charge in [-0.3, -0.25) is 4.79 Å². The molecule has 1 aliphatic heterocycles. The predicted octanol–water partition coefficient (Wildman–Crippen LogP) is 1.92. The Bertz CT molecular complexity index is 598. The Morgan fingerprint density at radius 3 is 2.60 bits per heavy atom. The van der Waals surface area contributed by atoms with Crippen LogP contribution in [0.4, 0.5) is 17.2 Å². The van der Waals surface area contributed by atoms with Crippen molar-refractivity contribution in [3.63, 3.8) is 0 Å². The average Bonchev–Trinajstić information content (AvgIpc) is 2.80. The van der Waals surface area contributed by atoms with Gasteiger partial charge in [0.2, 0.25) is 5.91 Å². The van der Waals surface area contributed by atoms with Crippen LogP contribution in [0.15, 0.2) is 48.7 Å². The lowest BCUT2D eigenvalue weighted by molar-refractivity contribution is -0.117. The van der Waals surface area contributed by atoms with Gasteiger partial charge in [0, 0.05) is 5.69 Å². The number of rotatable bonds is 3. The van der Waals surface area contributed by atoms with Crippen LogP contribution >= 0.6 is 0 Å². The third kappa shape index (κ3) is 2.62. The molecule has 2 aromatic rings. The third-order valence-corrected chi connectivity index (χ3v) is 3.21. The summed E-state index contributed by atoms with van der Waals surface area (Å²) in [6.45, 7) is 0.339. The van der Waals surface area contributed by atoms with Crippen LogP contribution in [0.1, 0.15) is 6.42 Å². The van der Waals surface area contributed by atoms with Crippen molar-refractivity contribution in [2.75, 3.05) is 16.8 Å². The Hall–Kier alpha value is -2.40. The normalized spacial score (nSPS) is 18.4. The number of benzene rings is 1. The molecule has 102 valence electrons. The number of β-amino-alcohol motifs (C(OH)–C–C–N with tert-alkyl or cyclic N) is 1. The number of nitrogens with zero attached hydrogens (tertiary/aromatic N) is 2. The van der Waals surface area contributed by atoms with E-state index < -0.39 is 6.10 Å². The van der Waals surface area contributed by atoms with Crippen molar-refractivity contribution < 1.29 is 9.90 Å². The Labute approximate surface area is 116 Å². The van der Waals surface area contributed by atoms with E-state index in [1.165, 1.54) is 0 Å². The number of hydrogen-bond donors (Lipinski definition) is 2. The number of nitrogens with one attached hydrogen (secondary N) is 1. The number of hydrogen-bond acceptors (Lipinski definition) is 4. The van der Waals surface area contributed by atoms with Gasteiger partial charge in [0.25, 0.3) is 0 Å².